The number of piperidine rings is 1. The second kappa shape index (κ2) is 11.2. The van der Waals surface area contributed by atoms with Crippen molar-refractivity contribution in [2.24, 2.45) is 5.92 Å². The van der Waals surface area contributed by atoms with Gasteiger partial charge in [-0.25, -0.2) is 0 Å². The second-order valence-corrected chi connectivity index (χ2v) is 8.46. The number of carbonyl (C=O) groups is 2. The molecule has 1 fully saturated rings. The van der Waals surface area contributed by atoms with Crippen LogP contribution in [-0.4, -0.2) is 41.0 Å². The molecule has 1 aliphatic rings. The van der Waals surface area contributed by atoms with Gasteiger partial charge >= 0.3 is 0 Å². The molecule has 0 bridgehead atoms. The number of nitrogens with zero attached hydrogens (tertiary/aromatic N) is 2. The lowest BCUT2D eigenvalue weighted by Crippen LogP contribution is -2.36. The van der Waals surface area contributed by atoms with Crippen LogP contribution in [-0.2, 0) is 0 Å². The maximum atomic E-state index is 12.6. The highest BCUT2D eigenvalue weighted by atomic mass is 35.5. The van der Waals surface area contributed by atoms with Gasteiger partial charge in [-0.05, 0) is 69.6 Å². The Morgan fingerprint density at radius 1 is 1.00 bits per heavy atom. The summed E-state index contributed by atoms with van der Waals surface area (Å²) >= 11 is 5.90. The molecular weight excluding hydrogens is 416 g/mol. The smallest absolute Gasteiger partial charge is 0.270 e. The van der Waals surface area contributed by atoms with Crippen molar-refractivity contribution in [2.45, 2.75) is 38.5 Å². The minimum Gasteiger partial charge on any atom is -0.303 e. The number of carbonyl (C=O) groups excluding carboxylic acids is 2. The van der Waals surface area contributed by atoms with E-state index < -0.39 is 4.92 Å². The molecule has 1 saturated heterocycles. The summed E-state index contributed by atoms with van der Waals surface area (Å²) < 4.78 is 0. The average molecular weight is 443 g/mol. The van der Waals surface area contributed by atoms with Gasteiger partial charge in [0, 0.05) is 40.6 Å². The van der Waals surface area contributed by atoms with E-state index >= 15 is 0 Å². The van der Waals surface area contributed by atoms with E-state index in [-0.39, 0.29) is 23.2 Å². The van der Waals surface area contributed by atoms with Crippen LogP contribution in [0, 0.1) is 16.0 Å². The summed E-state index contributed by atoms with van der Waals surface area (Å²) in [5, 5.41) is 11.5. The van der Waals surface area contributed by atoms with E-state index in [1.807, 2.05) is 0 Å². The molecule has 0 saturated carbocycles. The van der Waals surface area contributed by atoms with Gasteiger partial charge in [-0.15, -0.1) is 0 Å². The first-order chi connectivity index (χ1) is 14.9. The fourth-order valence-electron chi connectivity index (χ4n) is 4.00. The lowest BCUT2D eigenvalue weighted by Gasteiger charge is -2.31. The third-order valence-corrected chi connectivity index (χ3v) is 6.10. The summed E-state index contributed by atoms with van der Waals surface area (Å²) in [5.74, 6) is 0.228. The van der Waals surface area contributed by atoms with Crippen molar-refractivity contribution in [1.82, 2.24) is 4.90 Å². The number of benzene rings is 2. The highest BCUT2D eigenvalue weighted by Crippen LogP contribution is 2.23. The van der Waals surface area contributed by atoms with Crippen molar-refractivity contribution < 1.29 is 14.5 Å². The van der Waals surface area contributed by atoms with Crippen LogP contribution in [0.25, 0.3) is 0 Å². The highest BCUT2D eigenvalue weighted by molar-refractivity contribution is 6.30. The number of likely N-dealkylation sites (tertiary alicyclic amines) is 1. The SMILES string of the molecule is O=C(CCCCCN1CCC(C(=O)c2ccc(Cl)cc2)CC1)c1cccc([N+](=O)[O-])c1. The molecule has 3 rings (SSSR count). The number of Topliss-reactive ketones (excluding diaryl/α,β-unsaturated/α-hetero) is 2. The summed E-state index contributed by atoms with van der Waals surface area (Å²) in [4.78, 5) is 37.6. The molecule has 0 N–H and O–H groups in total. The summed E-state index contributed by atoms with van der Waals surface area (Å²) in [6.45, 7) is 2.79. The highest BCUT2D eigenvalue weighted by Gasteiger charge is 2.25. The van der Waals surface area contributed by atoms with Gasteiger partial charge in [0.1, 0.15) is 0 Å². The van der Waals surface area contributed by atoms with Crippen LogP contribution in [0.1, 0.15) is 59.2 Å². The molecule has 0 spiro atoms. The standard InChI is InChI=1S/C24H27ClN2O4/c25-21-10-8-18(9-11-21)24(29)19-12-15-26(16-13-19)14-3-1-2-7-23(28)20-5-4-6-22(17-20)27(30)31/h4-6,8-11,17,19H,1-3,7,12-16H2. The fraction of sp³-hybridized carbons (Fsp3) is 0.417. The second-order valence-electron chi connectivity index (χ2n) is 8.03. The van der Waals surface area contributed by atoms with Crippen LogP contribution in [0.3, 0.4) is 0 Å². The zero-order valence-corrected chi connectivity index (χ0v) is 18.2. The monoisotopic (exact) mass is 442 g/mol. The first-order valence-electron chi connectivity index (χ1n) is 10.7. The van der Waals surface area contributed by atoms with E-state index in [1.165, 1.54) is 12.1 Å². The van der Waals surface area contributed by atoms with E-state index in [1.54, 1.807) is 36.4 Å². The molecule has 7 heteroatoms. The topological polar surface area (TPSA) is 80.5 Å². The Morgan fingerprint density at radius 2 is 1.71 bits per heavy atom. The van der Waals surface area contributed by atoms with Crippen LogP contribution in [0.15, 0.2) is 48.5 Å². The predicted octanol–water partition coefficient (Wildman–Crippen LogP) is 5.59. The third kappa shape index (κ3) is 6.71. The van der Waals surface area contributed by atoms with Gasteiger partial charge in [-0.3, -0.25) is 19.7 Å². The Balaban J connectivity index is 1.33. The maximum absolute atomic E-state index is 12.6. The minimum atomic E-state index is -0.483. The molecule has 2 aromatic carbocycles. The quantitative estimate of drug-likeness (QED) is 0.207. The van der Waals surface area contributed by atoms with E-state index in [0.29, 0.717) is 17.0 Å². The van der Waals surface area contributed by atoms with Gasteiger partial charge in [-0.2, -0.15) is 0 Å². The molecule has 164 valence electrons. The normalized spacial score (nSPS) is 15.0. The molecule has 0 aromatic heterocycles. The zero-order chi connectivity index (χ0) is 22.2. The Hall–Kier alpha value is -2.57. The Morgan fingerprint density at radius 3 is 2.39 bits per heavy atom. The van der Waals surface area contributed by atoms with Gasteiger partial charge in [0.25, 0.3) is 5.69 Å². The zero-order valence-electron chi connectivity index (χ0n) is 17.5. The molecule has 2 aromatic rings. The van der Waals surface area contributed by atoms with Crippen molar-refractivity contribution in [3.05, 3.63) is 74.8 Å². The Labute approximate surface area is 187 Å². The number of nitro groups is 1. The maximum Gasteiger partial charge on any atom is 0.270 e. The van der Waals surface area contributed by atoms with E-state index in [2.05, 4.69) is 4.90 Å². The molecule has 0 amide bonds. The van der Waals surface area contributed by atoms with Crippen molar-refractivity contribution in [3.8, 4) is 0 Å². The first-order valence-corrected chi connectivity index (χ1v) is 11.1. The molecular formula is C24H27ClN2O4. The fourth-order valence-corrected chi connectivity index (χ4v) is 4.13. The summed E-state index contributed by atoms with van der Waals surface area (Å²) in [7, 11) is 0. The summed E-state index contributed by atoms with van der Waals surface area (Å²) in [5.41, 5.74) is 1.08. The van der Waals surface area contributed by atoms with E-state index in [0.717, 1.165) is 57.3 Å². The molecule has 1 heterocycles. The molecule has 0 atom stereocenters. The number of ketones is 2. The van der Waals surface area contributed by atoms with Crippen LogP contribution in [0.4, 0.5) is 5.69 Å². The van der Waals surface area contributed by atoms with E-state index in [9.17, 15) is 19.7 Å². The molecule has 0 radical (unpaired) electrons. The van der Waals surface area contributed by atoms with Gasteiger partial charge in [-0.1, -0.05) is 30.2 Å². The van der Waals surface area contributed by atoms with Crippen LogP contribution in [0.2, 0.25) is 5.02 Å². The lowest BCUT2D eigenvalue weighted by molar-refractivity contribution is -0.384. The van der Waals surface area contributed by atoms with Crippen molar-refractivity contribution in [2.75, 3.05) is 19.6 Å². The van der Waals surface area contributed by atoms with Crippen molar-refractivity contribution in [1.29, 1.82) is 0 Å². The summed E-state index contributed by atoms with van der Waals surface area (Å²) in [6.07, 6.45) is 4.84. The summed E-state index contributed by atoms with van der Waals surface area (Å²) in [6, 6.07) is 13.0. The van der Waals surface area contributed by atoms with Crippen molar-refractivity contribution in [3.63, 3.8) is 0 Å². The lowest BCUT2D eigenvalue weighted by atomic mass is 9.89. The largest absolute Gasteiger partial charge is 0.303 e. The van der Waals surface area contributed by atoms with Gasteiger partial charge < -0.3 is 4.90 Å². The molecule has 0 aliphatic carbocycles. The number of nitro benzene ring substituents is 1. The molecule has 6 nitrogen and oxygen atoms in total. The first kappa shape index (κ1) is 23.1. The third-order valence-electron chi connectivity index (χ3n) is 5.84. The molecule has 31 heavy (non-hydrogen) atoms. The van der Waals surface area contributed by atoms with Crippen LogP contribution < -0.4 is 0 Å². The number of non-ortho nitro benzene ring substituents is 1. The van der Waals surface area contributed by atoms with Gasteiger partial charge in [0.2, 0.25) is 0 Å². The number of unbranched alkanes of at least 4 members (excludes halogenated alkanes) is 2. The number of halogens is 1. The minimum absolute atomic E-state index is 0.0507. The van der Waals surface area contributed by atoms with E-state index in [4.69, 9.17) is 11.6 Å². The predicted molar refractivity (Wildman–Crippen MR) is 121 cm³/mol. The van der Waals surface area contributed by atoms with Gasteiger partial charge in [0.15, 0.2) is 11.6 Å². The molecule has 0 unspecified atom stereocenters. The Bertz CT molecular complexity index is 921. The number of hydrogen-bond acceptors (Lipinski definition) is 5. The van der Waals surface area contributed by atoms with Crippen LogP contribution in [0.5, 0.6) is 0 Å². The Kier molecular flexibility index (Phi) is 8.32. The van der Waals surface area contributed by atoms with Gasteiger partial charge in [0.05, 0.1) is 4.92 Å². The number of hydrogen-bond donors (Lipinski definition) is 0. The number of rotatable bonds is 10. The average Bonchev–Trinajstić information content (AvgIpc) is 2.79. The van der Waals surface area contributed by atoms with Crippen LogP contribution >= 0.6 is 11.6 Å². The molecule has 1 aliphatic heterocycles. The van der Waals surface area contributed by atoms with Crippen molar-refractivity contribution >= 4 is 28.9 Å².